The Morgan fingerprint density at radius 2 is 1.45 bits per heavy atom. The lowest BCUT2D eigenvalue weighted by Gasteiger charge is -2.01. The number of phenols is 3. The fourth-order valence-electron chi connectivity index (χ4n) is 1.93. The Morgan fingerprint density at radius 1 is 0.800 bits per heavy atom. The first-order valence-corrected chi connectivity index (χ1v) is 5.72. The Hall–Kier alpha value is -2.46. The summed E-state index contributed by atoms with van der Waals surface area (Å²) in [5, 5.41) is 29.3. The van der Waals surface area contributed by atoms with Crippen LogP contribution in [-0.2, 0) is 0 Å². The number of benzene rings is 2. The van der Waals surface area contributed by atoms with Crippen LogP contribution >= 0.6 is 0 Å². The zero-order chi connectivity index (χ0) is 13.4. The third kappa shape index (κ3) is 2.33. The monoisotopic (exact) mass is 290 g/mol. The van der Waals surface area contributed by atoms with Crippen LogP contribution in [0.3, 0.4) is 0 Å². The number of rotatable bonds is 1. The molecule has 0 radical (unpaired) electrons. The minimum atomic E-state index is -0.537. The van der Waals surface area contributed by atoms with Crippen LogP contribution in [0.4, 0.5) is 0 Å². The number of halogens is 1. The molecule has 0 amide bonds. The summed E-state index contributed by atoms with van der Waals surface area (Å²) in [5.41, 5.74) is 1.19. The maximum Gasteiger partial charge on any atom is 0.361 e. The van der Waals surface area contributed by atoms with Crippen molar-refractivity contribution in [3.05, 3.63) is 48.5 Å². The van der Waals surface area contributed by atoms with Gasteiger partial charge in [0.05, 0.1) is 10.9 Å². The van der Waals surface area contributed by atoms with Crippen LogP contribution in [0.5, 0.6) is 17.2 Å². The van der Waals surface area contributed by atoms with E-state index in [9.17, 15) is 15.3 Å². The van der Waals surface area contributed by atoms with Crippen molar-refractivity contribution in [3.8, 4) is 28.6 Å². The van der Waals surface area contributed by atoms with Crippen molar-refractivity contribution in [3.63, 3.8) is 0 Å². The molecular weight excluding hydrogens is 280 g/mol. The van der Waals surface area contributed by atoms with Crippen molar-refractivity contribution in [2.75, 3.05) is 0 Å². The van der Waals surface area contributed by atoms with Crippen LogP contribution in [0.25, 0.3) is 22.3 Å². The summed E-state index contributed by atoms with van der Waals surface area (Å²) < 4.78 is 5.69. The van der Waals surface area contributed by atoms with E-state index in [1.165, 1.54) is 12.1 Å². The van der Waals surface area contributed by atoms with Gasteiger partial charge in [-0.15, -0.1) is 0 Å². The van der Waals surface area contributed by atoms with Gasteiger partial charge in [-0.3, -0.25) is 0 Å². The second-order valence-electron chi connectivity index (χ2n) is 4.20. The first-order chi connectivity index (χ1) is 9.15. The van der Waals surface area contributed by atoms with Crippen LogP contribution in [0.1, 0.15) is 0 Å². The van der Waals surface area contributed by atoms with E-state index in [0.29, 0.717) is 16.9 Å². The Labute approximate surface area is 121 Å². The first-order valence-electron chi connectivity index (χ1n) is 5.72. The Kier molecular flexibility index (Phi) is 3.68. The van der Waals surface area contributed by atoms with Crippen molar-refractivity contribution >= 4 is 11.0 Å². The van der Waals surface area contributed by atoms with Gasteiger partial charge in [-0.25, -0.2) is 4.42 Å². The molecule has 2 aromatic carbocycles. The van der Waals surface area contributed by atoms with Gasteiger partial charge in [-0.2, -0.15) is 0 Å². The molecule has 0 spiro atoms. The van der Waals surface area contributed by atoms with E-state index in [-0.39, 0.29) is 12.4 Å². The van der Waals surface area contributed by atoms with Crippen LogP contribution in [0.2, 0.25) is 0 Å². The van der Waals surface area contributed by atoms with E-state index in [2.05, 4.69) is 0 Å². The molecule has 4 nitrogen and oxygen atoms in total. The minimum absolute atomic E-state index is 0. The van der Waals surface area contributed by atoms with Crippen LogP contribution in [-0.4, -0.2) is 15.3 Å². The number of para-hydroxylation sites is 1. The van der Waals surface area contributed by atoms with Gasteiger partial charge in [0.2, 0.25) is 0 Å². The second kappa shape index (κ2) is 5.27. The van der Waals surface area contributed by atoms with Gasteiger partial charge in [0.25, 0.3) is 0 Å². The molecule has 0 aliphatic carbocycles. The van der Waals surface area contributed by atoms with Crippen molar-refractivity contribution in [1.29, 1.82) is 0 Å². The summed E-state index contributed by atoms with van der Waals surface area (Å²) in [6, 6.07) is 13.8. The summed E-state index contributed by atoms with van der Waals surface area (Å²) >= 11 is 0. The Balaban J connectivity index is 0.00000147. The molecule has 1 aromatic heterocycles. The van der Waals surface area contributed by atoms with Gasteiger partial charge in [-0.1, -0.05) is 12.1 Å². The zero-order valence-electron chi connectivity index (χ0n) is 10.2. The van der Waals surface area contributed by atoms with Gasteiger partial charge in [0.1, 0.15) is 0 Å². The molecule has 0 saturated carbocycles. The van der Waals surface area contributed by atoms with Crippen LogP contribution in [0.15, 0.2) is 52.9 Å². The van der Waals surface area contributed by atoms with Gasteiger partial charge in [-0.05, 0) is 12.1 Å². The number of hydrogen-bond donors (Lipinski definition) is 3. The van der Waals surface area contributed by atoms with E-state index in [1.54, 1.807) is 6.07 Å². The Morgan fingerprint density at radius 3 is 2.15 bits per heavy atom. The molecule has 0 saturated heterocycles. The third-order valence-electron chi connectivity index (χ3n) is 2.91. The summed E-state index contributed by atoms with van der Waals surface area (Å²) in [6.45, 7) is 0. The topological polar surface area (TPSA) is 72.0 Å². The van der Waals surface area contributed by atoms with Gasteiger partial charge in [0.15, 0.2) is 17.2 Å². The largest absolute Gasteiger partial charge is 1.00 e. The fraction of sp³-hybridized carbons (Fsp3) is 0. The highest BCUT2D eigenvalue weighted by Gasteiger charge is 2.18. The lowest BCUT2D eigenvalue weighted by Crippen LogP contribution is -3.00. The number of fused-ring (bicyclic) bond motifs is 1. The highest BCUT2D eigenvalue weighted by atomic mass is 35.5. The smallest absolute Gasteiger partial charge is 0.361 e. The zero-order valence-corrected chi connectivity index (χ0v) is 11.0. The summed E-state index contributed by atoms with van der Waals surface area (Å²) in [4.78, 5) is 0. The maximum atomic E-state index is 9.50. The van der Waals surface area contributed by atoms with Crippen molar-refractivity contribution in [2.45, 2.75) is 0 Å². The molecule has 0 unspecified atom stereocenters. The van der Waals surface area contributed by atoms with Crippen molar-refractivity contribution in [1.82, 2.24) is 0 Å². The highest BCUT2D eigenvalue weighted by Crippen LogP contribution is 2.39. The summed E-state index contributed by atoms with van der Waals surface area (Å²) in [5.74, 6) is -0.828. The SMILES string of the molecule is Oc1cc(-c2ccc3ccccc3[o+]2)cc(O)c1O.[Cl-]. The molecule has 3 rings (SSSR count). The maximum absolute atomic E-state index is 9.50. The quantitative estimate of drug-likeness (QED) is 0.451. The van der Waals surface area contributed by atoms with E-state index in [0.717, 1.165) is 5.39 Å². The second-order valence-corrected chi connectivity index (χ2v) is 4.20. The van der Waals surface area contributed by atoms with Crippen molar-refractivity contribution < 1.29 is 32.1 Å². The molecule has 0 aliphatic heterocycles. The molecule has 1 heterocycles. The summed E-state index contributed by atoms with van der Waals surface area (Å²) in [6.07, 6.45) is 0. The minimum Gasteiger partial charge on any atom is -1.00 e. The van der Waals surface area contributed by atoms with Crippen LogP contribution in [0, 0.1) is 0 Å². The van der Waals surface area contributed by atoms with E-state index < -0.39 is 17.2 Å². The molecule has 3 aromatic rings. The lowest BCUT2D eigenvalue weighted by molar-refractivity contribution is -0.00000682. The van der Waals surface area contributed by atoms with Gasteiger partial charge in [0, 0.05) is 24.3 Å². The molecule has 5 heteroatoms. The predicted molar refractivity (Wildman–Crippen MR) is 71.1 cm³/mol. The standard InChI is InChI=1S/C15H10O4.ClH/c16-11-7-10(8-12(17)15(11)18)14-6-5-9-3-1-2-4-13(9)19-14;/h1-8H,(H2-,16,17,18);1H. The summed E-state index contributed by atoms with van der Waals surface area (Å²) in [7, 11) is 0. The molecule has 0 atom stereocenters. The van der Waals surface area contributed by atoms with Gasteiger partial charge < -0.3 is 27.7 Å². The number of hydrogen-bond acceptors (Lipinski definition) is 3. The van der Waals surface area contributed by atoms with Gasteiger partial charge >= 0.3 is 11.3 Å². The molecule has 0 aliphatic rings. The van der Waals surface area contributed by atoms with Crippen LogP contribution < -0.4 is 12.4 Å². The van der Waals surface area contributed by atoms with E-state index >= 15 is 0 Å². The van der Waals surface area contributed by atoms with E-state index in [1.807, 2.05) is 30.3 Å². The average molecular weight is 291 g/mol. The first kappa shape index (κ1) is 14.0. The molecule has 3 N–H and O–H groups in total. The third-order valence-corrected chi connectivity index (χ3v) is 2.91. The molecule has 0 bridgehead atoms. The molecule has 20 heavy (non-hydrogen) atoms. The molecular formula is C15H11ClO4. The molecule has 0 fully saturated rings. The highest BCUT2D eigenvalue weighted by molar-refractivity contribution is 5.79. The number of phenolic OH excluding ortho intramolecular Hbond substituents is 3. The fourth-order valence-corrected chi connectivity index (χ4v) is 1.93. The van der Waals surface area contributed by atoms with E-state index in [4.69, 9.17) is 4.42 Å². The average Bonchev–Trinajstić information content (AvgIpc) is 2.43. The molecule has 102 valence electrons. The number of aromatic hydroxyl groups is 3. The van der Waals surface area contributed by atoms with Crippen molar-refractivity contribution in [2.24, 2.45) is 0 Å². The Bertz CT molecular complexity index is 748. The normalized spacial score (nSPS) is 10.2. The lowest BCUT2D eigenvalue weighted by atomic mass is 10.1. The predicted octanol–water partition coefficient (Wildman–Crippen LogP) is 0.502.